The molecule has 0 aliphatic carbocycles. The number of nitrogens with one attached hydrogen (secondary N) is 1. The Bertz CT molecular complexity index is 570. The van der Waals surface area contributed by atoms with E-state index in [-0.39, 0.29) is 0 Å². The molecule has 0 spiro atoms. The van der Waals surface area contributed by atoms with Crippen molar-refractivity contribution in [1.82, 2.24) is 5.32 Å². The molecule has 0 fully saturated rings. The minimum absolute atomic E-state index is 0.606. The van der Waals surface area contributed by atoms with Crippen LogP contribution in [-0.4, -0.2) is 13.7 Å². The van der Waals surface area contributed by atoms with Gasteiger partial charge in [0.2, 0.25) is 0 Å². The number of hydrogen-bond donors (Lipinski definition) is 1. The Hall–Kier alpha value is -1.71. The Kier molecular flexibility index (Phi) is 5.90. The fourth-order valence-corrected chi connectivity index (χ4v) is 2.13. The number of benzene rings is 2. The summed E-state index contributed by atoms with van der Waals surface area (Å²) in [7, 11) is 1.90. The highest BCUT2D eigenvalue weighted by Crippen LogP contribution is 2.31. The van der Waals surface area contributed by atoms with Gasteiger partial charge in [0.1, 0.15) is 17.2 Å². The number of hydrogen-bond acceptors (Lipinski definition) is 3. The van der Waals surface area contributed by atoms with Crippen LogP contribution >= 0.6 is 11.6 Å². The summed E-state index contributed by atoms with van der Waals surface area (Å²) < 4.78 is 11.3. The van der Waals surface area contributed by atoms with E-state index in [1.165, 1.54) is 0 Å². The molecule has 0 unspecified atom stereocenters. The highest BCUT2D eigenvalue weighted by molar-refractivity contribution is 6.32. The lowest BCUT2D eigenvalue weighted by Gasteiger charge is -2.10. The van der Waals surface area contributed by atoms with Crippen LogP contribution in [0.1, 0.15) is 18.9 Å². The van der Waals surface area contributed by atoms with Crippen molar-refractivity contribution in [1.29, 1.82) is 0 Å². The van der Waals surface area contributed by atoms with Crippen LogP contribution in [0.3, 0.4) is 0 Å². The zero-order chi connectivity index (χ0) is 15.1. The summed E-state index contributed by atoms with van der Waals surface area (Å²) in [5, 5.41) is 3.70. The van der Waals surface area contributed by atoms with Gasteiger partial charge >= 0.3 is 0 Å². The third kappa shape index (κ3) is 4.66. The summed E-state index contributed by atoms with van der Waals surface area (Å²) in [4.78, 5) is 0. The molecule has 0 saturated heterocycles. The Morgan fingerprint density at radius 2 is 1.76 bits per heavy atom. The highest BCUT2D eigenvalue weighted by Gasteiger charge is 2.05. The molecule has 3 nitrogen and oxygen atoms in total. The summed E-state index contributed by atoms with van der Waals surface area (Å²) in [5.74, 6) is 2.24. The third-order valence-electron chi connectivity index (χ3n) is 2.90. The summed E-state index contributed by atoms with van der Waals surface area (Å²) in [6.45, 7) is 3.58. The number of rotatable bonds is 7. The Morgan fingerprint density at radius 1 is 1.05 bits per heavy atom. The molecule has 0 aromatic heterocycles. The van der Waals surface area contributed by atoms with E-state index in [1.54, 1.807) is 0 Å². The Labute approximate surface area is 130 Å². The molecule has 0 atom stereocenters. The topological polar surface area (TPSA) is 30.5 Å². The first-order chi connectivity index (χ1) is 10.2. The SMILES string of the molecule is CCCOc1ccc(Oc2ccc(CNC)cc2Cl)cc1. The summed E-state index contributed by atoms with van der Waals surface area (Å²) in [6.07, 6.45) is 0.993. The molecule has 0 heterocycles. The van der Waals surface area contributed by atoms with E-state index in [0.29, 0.717) is 10.8 Å². The van der Waals surface area contributed by atoms with Gasteiger partial charge in [-0.2, -0.15) is 0 Å². The molecule has 0 aliphatic rings. The quantitative estimate of drug-likeness (QED) is 0.808. The van der Waals surface area contributed by atoms with Gasteiger partial charge in [0, 0.05) is 6.54 Å². The molecule has 0 amide bonds. The zero-order valence-corrected chi connectivity index (χ0v) is 13.1. The molecule has 4 heteroatoms. The molecule has 21 heavy (non-hydrogen) atoms. The minimum atomic E-state index is 0.606. The molecule has 2 aromatic carbocycles. The Balaban J connectivity index is 2.04. The van der Waals surface area contributed by atoms with Gasteiger partial charge < -0.3 is 14.8 Å². The first-order valence-electron chi connectivity index (χ1n) is 7.06. The van der Waals surface area contributed by atoms with Crippen LogP contribution in [-0.2, 0) is 6.54 Å². The number of halogens is 1. The van der Waals surface area contributed by atoms with E-state index >= 15 is 0 Å². The van der Waals surface area contributed by atoms with Crippen LogP contribution in [0.5, 0.6) is 17.2 Å². The van der Waals surface area contributed by atoms with Crippen molar-refractivity contribution in [2.75, 3.05) is 13.7 Å². The lowest BCUT2D eigenvalue weighted by atomic mass is 10.2. The second kappa shape index (κ2) is 7.91. The third-order valence-corrected chi connectivity index (χ3v) is 3.20. The molecule has 0 bridgehead atoms. The highest BCUT2D eigenvalue weighted by atomic mass is 35.5. The van der Waals surface area contributed by atoms with Crippen LogP contribution in [0.4, 0.5) is 0 Å². The van der Waals surface area contributed by atoms with E-state index in [2.05, 4.69) is 12.2 Å². The van der Waals surface area contributed by atoms with Gasteiger partial charge in [-0.1, -0.05) is 24.6 Å². The monoisotopic (exact) mass is 305 g/mol. The van der Waals surface area contributed by atoms with Crippen LogP contribution in [0.15, 0.2) is 42.5 Å². The predicted molar refractivity (Wildman–Crippen MR) is 86.5 cm³/mol. The van der Waals surface area contributed by atoms with Gasteiger partial charge in [0.05, 0.1) is 11.6 Å². The van der Waals surface area contributed by atoms with Crippen LogP contribution < -0.4 is 14.8 Å². The van der Waals surface area contributed by atoms with Gasteiger partial charge in [-0.25, -0.2) is 0 Å². The predicted octanol–water partition coefficient (Wildman–Crippen LogP) is 4.64. The maximum absolute atomic E-state index is 6.24. The van der Waals surface area contributed by atoms with Gasteiger partial charge in [-0.15, -0.1) is 0 Å². The smallest absolute Gasteiger partial charge is 0.146 e. The Morgan fingerprint density at radius 3 is 2.38 bits per heavy atom. The molecular formula is C17H20ClNO2. The second-order valence-electron chi connectivity index (χ2n) is 4.72. The van der Waals surface area contributed by atoms with Gasteiger partial charge in [-0.3, -0.25) is 0 Å². The lowest BCUT2D eigenvalue weighted by Crippen LogP contribution is -2.04. The normalized spacial score (nSPS) is 10.4. The second-order valence-corrected chi connectivity index (χ2v) is 5.12. The molecular weight excluding hydrogens is 286 g/mol. The lowest BCUT2D eigenvalue weighted by molar-refractivity contribution is 0.317. The average Bonchev–Trinajstić information content (AvgIpc) is 2.49. The van der Waals surface area contributed by atoms with E-state index in [0.717, 1.165) is 36.6 Å². The van der Waals surface area contributed by atoms with Crippen LogP contribution in [0.2, 0.25) is 5.02 Å². The largest absolute Gasteiger partial charge is 0.494 e. The standard InChI is InChI=1S/C17H20ClNO2/c1-3-10-20-14-5-7-15(8-6-14)21-17-9-4-13(12-19-2)11-16(17)18/h4-9,11,19H,3,10,12H2,1-2H3. The van der Waals surface area contributed by atoms with Crippen LogP contribution in [0.25, 0.3) is 0 Å². The zero-order valence-electron chi connectivity index (χ0n) is 12.4. The molecule has 2 rings (SSSR count). The van der Waals surface area contributed by atoms with E-state index in [1.807, 2.05) is 49.5 Å². The maximum Gasteiger partial charge on any atom is 0.146 e. The fourth-order valence-electron chi connectivity index (χ4n) is 1.89. The fraction of sp³-hybridized carbons (Fsp3) is 0.294. The van der Waals surface area contributed by atoms with Crippen LogP contribution in [0, 0.1) is 0 Å². The molecule has 0 saturated carbocycles. The molecule has 112 valence electrons. The van der Waals surface area contributed by atoms with Crippen molar-refractivity contribution < 1.29 is 9.47 Å². The van der Waals surface area contributed by atoms with Gasteiger partial charge in [0.25, 0.3) is 0 Å². The van der Waals surface area contributed by atoms with Crippen molar-refractivity contribution in [3.63, 3.8) is 0 Å². The first-order valence-corrected chi connectivity index (χ1v) is 7.44. The first kappa shape index (κ1) is 15.7. The minimum Gasteiger partial charge on any atom is -0.494 e. The average molecular weight is 306 g/mol. The van der Waals surface area contributed by atoms with Crippen molar-refractivity contribution >= 4 is 11.6 Å². The molecule has 2 aromatic rings. The van der Waals surface area contributed by atoms with E-state index < -0.39 is 0 Å². The van der Waals surface area contributed by atoms with Crippen molar-refractivity contribution in [3.8, 4) is 17.2 Å². The molecule has 0 aliphatic heterocycles. The van der Waals surface area contributed by atoms with Gasteiger partial charge in [0.15, 0.2) is 0 Å². The van der Waals surface area contributed by atoms with E-state index in [4.69, 9.17) is 21.1 Å². The van der Waals surface area contributed by atoms with Crippen molar-refractivity contribution in [2.24, 2.45) is 0 Å². The van der Waals surface area contributed by atoms with Gasteiger partial charge in [-0.05, 0) is 55.4 Å². The summed E-state index contributed by atoms with van der Waals surface area (Å²) in [5.41, 5.74) is 1.12. The summed E-state index contributed by atoms with van der Waals surface area (Å²) >= 11 is 6.24. The summed E-state index contributed by atoms with van der Waals surface area (Å²) in [6, 6.07) is 13.3. The molecule has 1 N–H and O–H groups in total. The number of ether oxygens (including phenoxy) is 2. The maximum atomic E-state index is 6.24. The van der Waals surface area contributed by atoms with Crippen molar-refractivity contribution in [3.05, 3.63) is 53.1 Å². The molecule has 0 radical (unpaired) electrons. The van der Waals surface area contributed by atoms with E-state index in [9.17, 15) is 0 Å². The van der Waals surface area contributed by atoms with Crippen molar-refractivity contribution in [2.45, 2.75) is 19.9 Å².